The summed E-state index contributed by atoms with van der Waals surface area (Å²) in [7, 11) is 1.66. The van der Waals surface area contributed by atoms with Gasteiger partial charge in [0, 0.05) is 43.6 Å². The number of nitrogens with zero attached hydrogens (tertiary/aromatic N) is 3. The summed E-state index contributed by atoms with van der Waals surface area (Å²) in [5.41, 5.74) is 2.84. The van der Waals surface area contributed by atoms with Crippen LogP contribution in [0.1, 0.15) is 18.4 Å². The van der Waals surface area contributed by atoms with E-state index in [1.54, 1.807) is 7.11 Å². The van der Waals surface area contributed by atoms with Crippen molar-refractivity contribution in [2.45, 2.75) is 31.2 Å². The first-order valence-electron chi connectivity index (χ1n) is 9.06. The maximum atomic E-state index is 12.3. The zero-order valence-electron chi connectivity index (χ0n) is 14.8. The molecular formula is C19H22N4O3. The molecule has 0 bridgehead atoms. The van der Waals surface area contributed by atoms with Crippen LogP contribution >= 0.6 is 0 Å². The molecule has 1 aromatic heterocycles. The number of amides is 1. The van der Waals surface area contributed by atoms with Crippen LogP contribution in [0, 0.1) is 0 Å². The molecule has 1 amide bonds. The standard InChI is InChI=1S/C19H22N4O3/c1-25-15-4-2-13(3-5-15)18-14(11-20-21-18)12-22-7-6-19-16(22)10-17(24)23(19)8-9-26-19/h2-5,11,16H,6-10,12H2,1H3,(H,20,21)/t16-,19+/m1/s1. The van der Waals surface area contributed by atoms with Crippen LogP contribution in [-0.2, 0) is 16.1 Å². The number of aromatic amines is 1. The predicted molar refractivity (Wildman–Crippen MR) is 94.4 cm³/mol. The minimum absolute atomic E-state index is 0.135. The van der Waals surface area contributed by atoms with Crippen molar-refractivity contribution in [3.8, 4) is 17.0 Å². The number of methoxy groups -OCH3 is 1. The molecule has 26 heavy (non-hydrogen) atoms. The van der Waals surface area contributed by atoms with E-state index in [-0.39, 0.29) is 17.7 Å². The zero-order chi connectivity index (χ0) is 17.7. The van der Waals surface area contributed by atoms with Crippen LogP contribution in [0.15, 0.2) is 30.5 Å². The van der Waals surface area contributed by atoms with Gasteiger partial charge in [0.2, 0.25) is 5.91 Å². The Morgan fingerprint density at radius 3 is 3.00 bits per heavy atom. The number of carbonyl (C=O) groups excluding carboxylic acids is 1. The third-order valence-corrected chi connectivity index (χ3v) is 5.98. The second-order valence-corrected chi connectivity index (χ2v) is 7.18. The Morgan fingerprint density at radius 1 is 1.35 bits per heavy atom. The molecule has 2 atom stereocenters. The fourth-order valence-corrected chi connectivity index (χ4v) is 4.72. The highest BCUT2D eigenvalue weighted by Gasteiger charge is 2.61. The molecule has 3 aliphatic heterocycles. The molecule has 3 aliphatic rings. The Morgan fingerprint density at radius 2 is 2.19 bits per heavy atom. The molecule has 2 aromatic rings. The number of H-pyrrole nitrogens is 1. The smallest absolute Gasteiger partial charge is 0.226 e. The third-order valence-electron chi connectivity index (χ3n) is 5.98. The lowest BCUT2D eigenvalue weighted by Crippen LogP contribution is -2.47. The van der Waals surface area contributed by atoms with Crippen LogP contribution in [0.3, 0.4) is 0 Å². The van der Waals surface area contributed by atoms with E-state index >= 15 is 0 Å². The summed E-state index contributed by atoms with van der Waals surface area (Å²) in [4.78, 5) is 16.7. The summed E-state index contributed by atoms with van der Waals surface area (Å²) >= 11 is 0. The normalized spacial score (nSPS) is 27.8. The fraction of sp³-hybridized carbons (Fsp3) is 0.474. The topological polar surface area (TPSA) is 70.7 Å². The monoisotopic (exact) mass is 354 g/mol. The second kappa shape index (κ2) is 5.82. The third kappa shape index (κ3) is 2.20. The van der Waals surface area contributed by atoms with Crippen LogP contribution in [-0.4, -0.2) is 64.5 Å². The van der Waals surface area contributed by atoms with E-state index in [0.29, 0.717) is 13.0 Å². The van der Waals surface area contributed by atoms with E-state index < -0.39 is 0 Å². The molecule has 3 saturated heterocycles. The van der Waals surface area contributed by atoms with Gasteiger partial charge in [-0.2, -0.15) is 5.10 Å². The highest BCUT2D eigenvalue weighted by atomic mass is 16.5. The summed E-state index contributed by atoms with van der Waals surface area (Å²) in [5.74, 6) is 1.05. The van der Waals surface area contributed by atoms with Gasteiger partial charge >= 0.3 is 0 Å². The predicted octanol–water partition coefficient (Wildman–Crippen LogP) is 1.62. The van der Waals surface area contributed by atoms with Gasteiger partial charge in [0.25, 0.3) is 0 Å². The van der Waals surface area contributed by atoms with Crippen molar-refractivity contribution in [3.05, 3.63) is 36.0 Å². The number of rotatable bonds is 4. The second-order valence-electron chi connectivity index (χ2n) is 7.18. The van der Waals surface area contributed by atoms with Crippen molar-refractivity contribution < 1.29 is 14.3 Å². The van der Waals surface area contributed by atoms with E-state index in [2.05, 4.69) is 15.1 Å². The van der Waals surface area contributed by atoms with E-state index in [0.717, 1.165) is 48.6 Å². The average Bonchev–Trinajstić information content (AvgIpc) is 3.40. The maximum absolute atomic E-state index is 12.3. The van der Waals surface area contributed by atoms with Gasteiger partial charge in [0.15, 0.2) is 5.72 Å². The van der Waals surface area contributed by atoms with E-state index in [9.17, 15) is 4.79 Å². The summed E-state index contributed by atoms with van der Waals surface area (Å²) in [6.45, 7) is 3.07. The summed E-state index contributed by atoms with van der Waals surface area (Å²) in [6.07, 6.45) is 3.32. The molecule has 0 unspecified atom stereocenters. The van der Waals surface area contributed by atoms with Gasteiger partial charge in [0.05, 0.1) is 31.6 Å². The quantitative estimate of drug-likeness (QED) is 0.903. The molecule has 3 fully saturated rings. The Hall–Kier alpha value is -2.38. The van der Waals surface area contributed by atoms with Gasteiger partial charge in [0.1, 0.15) is 5.75 Å². The largest absolute Gasteiger partial charge is 0.497 e. The summed E-state index contributed by atoms with van der Waals surface area (Å²) in [6, 6.07) is 8.09. The first kappa shape index (κ1) is 15.8. The Kier molecular flexibility index (Phi) is 3.55. The van der Waals surface area contributed by atoms with Gasteiger partial charge in [-0.25, -0.2) is 0 Å². The molecule has 136 valence electrons. The Balaban J connectivity index is 1.40. The number of aromatic nitrogens is 2. The molecule has 5 rings (SSSR count). The highest BCUT2D eigenvalue weighted by Crippen LogP contribution is 2.46. The molecular weight excluding hydrogens is 332 g/mol. The number of ether oxygens (including phenoxy) is 2. The Labute approximate surface area is 151 Å². The lowest BCUT2D eigenvalue weighted by molar-refractivity contribution is -0.136. The van der Waals surface area contributed by atoms with Crippen LogP contribution in [0.2, 0.25) is 0 Å². The van der Waals surface area contributed by atoms with Gasteiger partial charge in [-0.3, -0.25) is 14.8 Å². The van der Waals surface area contributed by atoms with Crippen molar-refractivity contribution >= 4 is 5.91 Å². The zero-order valence-corrected chi connectivity index (χ0v) is 14.8. The van der Waals surface area contributed by atoms with Crippen LogP contribution in [0.4, 0.5) is 0 Å². The van der Waals surface area contributed by atoms with E-state index in [1.165, 1.54) is 0 Å². The first-order chi connectivity index (χ1) is 12.7. The number of likely N-dealkylation sites (tertiary alicyclic amines) is 1. The minimum Gasteiger partial charge on any atom is -0.497 e. The van der Waals surface area contributed by atoms with Gasteiger partial charge < -0.3 is 14.4 Å². The van der Waals surface area contributed by atoms with Crippen molar-refractivity contribution in [1.29, 1.82) is 0 Å². The first-order valence-corrected chi connectivity index (χ1v) is 9.06. The van der Waals surface area contributed by atoms with E-state index in [4.69, 9.17) is 9.47 Å². The molecule has 4 heterocycles. The number of nitrogens with one attached hydrogen (secondary N) is 1. The van der Waals surface area contributed by atoms with Crippen molar-refractivity contribution in [2.75, 3.05) is 26.8 Å². The van der Waals surface area contributed by atoms with Gasteiger partial charge in [-0.15, -0.1) is 0 Å². The average molecular weight is 354 g/mol. The lowest BCUT2D eigenvalue weighted by Gasteiger charge is -2.31. The Bertz CT molecular complexity index is 834. The molecule has 0 saturated carbocycles. The minimum atomic E-state index is -0.388. The van der Waals surface area contributed by atoms with Gasteiger partial charge in [-0.1, -0.05) is 0 Å². The number of hydrogen-bond donors (Lipinski definition) is 1. The molecule has 0 aliphatic carbocycles. The lowest BCUT2D eigenvalue weighted by atomic mass is 10.0. The molecule has 1 spiro atoms. The molecule has 7 heteroatoms. The van der Waals surface area contributed by atoms with E-state index in [1.807, 2.05) is 35.4 Å². The maximum Gasteiger partial charge on any atom is 0.226 e. The highest BCUT2D eigenvalue weighted by molar-refractivity contribution is 5.81. The van der Waals surface area contributed by atoms with Crippen molar-refractivity contribution in [2.24, 2.45) is 0 Å². The number of carbonyl (C=O) groups is 1. The molecule has 1 aromatic carbocycles. The van der Waals surface area contributed by atoms with Crippen molar-refractivity contribution in [1.82, 2.24) is 20.0 Å². The number of hydrogen-bond acceptors (Lipinski definition) is 5. The van der Waals surface area contributed by atoms with Crippen LogP contribution in [0.5, 0.6) is 5.75 Å². The summed E-state index contributed by atoms with van der Waals surface area (Å²) < 4.78 is 11.3. The molecule has 7 nitrogen and oxygen atoms in total. The molecule has 0 radical (unpaired) electrons. The van der Waals surface area contributed by atoms with Crippen LogP contribution < -0.4 is 4.74 Å². The molecule has 1 N–H and O–H groups in total. The van der Waals surface area contributed by atoms with Crippen molar-refractivity contribution in [3.63, 3.8) is 0 Å². The van der Waals surface area contributed by atoms with Crippen LogP contribution in [0.25, 0.3) is 11.3 Å². The SMILES string of the molecule is COc1ccc(-c2[nH]ncc2CN2CC[C@@]34OCCN3C(=O)C[C@@H]24)cc1. The number of benzene rings is 1. The summed E-state index contributed by atoms with van der Waals surface area (Å²) in [5, 5.41) is 7.38. The van der Waals surface area contributed by atoms with Gasteiger partial charge in [-0.05, 0) is 24.3 Å². The fourth-order valence-electron chi connectivity index (χ4n) is 4.72.